The molecule has 0 aromatic heterocycles. The van der Waals surface area contributed by atoms with Crippen LogP contribution in [0.3, 0.4) is 0 Å². The first-order valence-electron chi connectivity index (χ1n) is 31.7. The zero-order valence-corrected chi connectivity index (χ0v) is 50.5. The third kappa shape index (κ3) is 57.9. The molecule has 0 fully saturated rings. The molecule has 9 heteroatoms. The number of carbonyl (C=O) groups is 1. The number of nitrogens with one attached hydrogen (secondary N) is 1. The number of likely N-dealkylation sites (N-methyl/N-ethyl adjacent to an activating group) is 1. The highest BCUT2D eigenvalue weighted by molar-refractivity contribution is 7.47. The molecule has 0 saturated heterocycles. The molecule has 0 aliphatic rings. The topological polar surface area (TPSA) is 105 Å². The number of unbranched alkanes of at least 4 members (excludes halogenated alkanes) is 37. The smallest absolute Gasteiger partial charge is 0.387 e. The van der Waals surface area contributed by atoms with E-state index in [9.17, 15) is 19.4 Å². The lowest BCUT2D eigenvalue weighted by molar-refractivity contribution is -0.870. The van der Waals surface area contributed by atoms with Gasteiger partial charge in [-0.3, -0.25) is 13.8 Å². The van der Waals surface area contributed by atoms with Crippen molar-refractivity contribution in [1.29, 1.82) is 0 Å². The van der Waals surface area contributed by atoms with Crippen LogP contribution in [0.5, 0.6) is 0 Å². The van der Waals surface area contributed by atoms with Crippen LogP contribution in [0.2, 0.25) is 0 Å². The Balaban J connectivity index is 4.09. The third-order valence-electron chi connectivity index (χ3n) is 14.2. The fraction of sp³-hybridized carbons (Fsp3) is 0.831. The Morgan fingerprint density at radius 3 is 1.16 bits per heavy atom. The second-order valence-electron chi connectivity index (χ2n) is 22.8. The molecule has 3 atom stereocenters. The van der Waals surface area contributed by atoms with Crippen LogP contribution in [0, 0.1) is 0 Å². The van der Waals surface area contributed by atoms with E-state index in [1.165, 1.54) is 225 Å². The first-order chi connectivity index (χ1) is 36.0. The summed E-state index contributed by atoms with van der Waals surface area (Å²) in [6.07, 6.45) is 76.4. The van der Waals surface area contributed by atoms with Crippen LogP contribution in [0.25, 0.3) is 0 Å². The summed E-state index contributed by atoms with van der Waals surface area (Å²) in [5.74, 6) is -0.187. The molecule has 0 aromatic carbocycles. The standard InChI is InChI=1S/C65H123N2O6P/c1-6-8-10-12-14-16-18-20-22-24-26-27-28-29-30-31-32-33-34-35-36-37-38-39-41-43-45-47-49-51-53-55-57-59-65(69)66-63(62-73-74(70,71)72-61-60-67(3,4)5)64(68)58-56-54-52-50-48-46-44-42-40-25-23-21-19-17-15-13-11-9-7-2/h18,20,24,26,40,42,48,50,56,58,63-64,68H,6-17,19,21-23,25,27-39,41,43-47,49,51-55,57,59-62H2,1-5H3,(H-,66,69,70,71)/p+1/b20-18-,26-24-,42-40+,50-48+,58-56+. The fourth-order valence-electron chi connectivity index (χ4n) is 9.22. The highest BCUT2D eigenvalue weighted by Gasteiger charge is 2.27. The number of aliphatic hydroxyl groups excluding tert-OH is 1. The van der Waals surface area contributed by atoms with Crippen LogP contribution in [-0.2, 0) is 18.4 Å². The van der Waals surface area contributed by atoms with Crippen molar-refractivity contribution in [2.24, 2.45) is 0 Å². The molecule has 0 saturated carbocycles. The normalized spacial score (nSPS) is 14.2. The summed E-state index contributed by atoms with van der Waals surface area (Å²) in [5.41, 5.74) is 0. The number of aliphatic hydroxyl groups is 1. The van der Waals surface area contributed by atoms with Crippen LogP contribution < -0.4 is 5.32 Å². The van der Waals surface area contributed by atoms with E-state index in [4.69, 9.17) is 9.05 Å². The van der Waals surface area contributed by atoms with Crippen LogP contribution in [-0.4, -0.2) is 73.4 Å². The second-order valence-corrected chi connectivity index (χ2v) is 24.2. The van der Waals surface area contributed by atoms with Crippen molar-refractivity contribution >= 4 is 13.7 Å². The summed E-state index contributed by atoms with van der Waals surface area (Å²) in [4.78, 5) is 23.3. The number of phosphoric acid groups is 1. The molecular formula is C65H124N2O6P+. The van der Waals surface area contributed by atoms with Gasteiger partial charge in [0.05, 0.1) is 39.9 Å². The van der Waals surface area contributed by atoms with E-state index in [-0.39, 0.29) is 19.1 Å². The van der Waals surface area contributed by atoms with Crippen LogP contribution in [0.15, 0.2) is 60.8 Å². The third-order valence-corrected chi connectivity index (χ3v) is 15.2. The van der Waals surface area contributed by atoms with Gasteiger partial charge in [0.15, 0.2) is 0 Å². The molecule has 0 aromatic rings. The van der Waals surface area contributed by atoms with Gasteiger partial charge < -0.3 is 19.8 Å². The molecule has 74 heavy (non-hydrogen) atoms. The number of quaternary nitrogens is 1. The van der Waals surface area contributed by atoms with E-state index >= 15 is 0 Å². The first kappa shape index (κ1) is 72.2. The Morgan fingerprint density at radius 1 is 0.459 bits per heavy atom. The van der Waals surface area contributed by atoms with Crippen molar-refractivity contribution in [1.82, 2.24) is 5.32 Å². The highest BCUT2D eigenvalue weighted by atomic mass is 31.2. The molecule has 0 radical (unpaired) electrons. The van der Waals surface area contributed by atoms with Crippen LogP contribution in [0.4, 0.5) is 0 Å². The predicted molar refractivity (Wildman–Crippen MR) is 323 cm³/mol. The SMILES string of the molecule is CCCCCCC/C=C\C/C=C\CCCCCCCCCCCCCCCCCCCCCCCC(=O)NC(COP(=O)(O)OCC[N+](C)(C)C)C(O)/C=C/CC/C=C/CC/C=C/CCCCCCCCCCC. The van der Waals surface area contributed by atoms with Gasteiger partial charge in [-0.1, -0.05) is 274 Å². The molecule has 0 heterocycles. The molecule has 0 bridgehead atoms. The maximum atomic E-state index is 13.0. The van der Waals surface area contributed by atoms with Crippen molar-refractivity contribution in [2.45, 2.75) is 309 Å². The predicted octanol–water partition coefficient (Wildman–Crippen LogP) is 19.7. The minimum absolute atomic E-state index is 0.0535. The highest BCUT2D eigenvalue weighted by Crippen LogP contribution is 2.43. The zero-order valence-electron chi connectivity index (χ0n) is 49.6. The maximum absolute atomic E-state index is 13.0. The molecule has 0 spiro atoms. The summed E-state index contributed by atoms with van der Waals surface area (Å²) in [5, 5.41) is 13.9. The van der Waals surface area contributed by atoms with E-state index in [0.29, 0.717) is 17.4 Å². The Hall–Kier alpha value is -1.80. The molecule has 0 aliphatic heterocycles. The van der Waals surface area contributed by atoms with E-state index in [1.807, 2.05) is 27.2 Å². The van der Waals surface area contributed by atoms with Crippen molar-refractivity contribution in [2.75, 3.05) is 40.9 Å². The molecule has 3 unspecified atom stereocenters. The quantitative estimate of drug-likeness (QED) is 0.0243. The van der Waals surface area contributed by atoms with Gasteiger partial charge in [0, 0.05) is 6.42 Å². The Bertz CT molecular complexity index is 1390. The molecule has 3 N–H and O–H groups in total. The lowest BCUT2D eigenvalue weighted by Gasteiger charge is -2.25. The summed E-state index contributed by atoms with van der Waals surface area (Å²) in [6, 6.07) is -0.871. The number of allylic oxidation sites excluding steroid dienone is 9. The van der Waals surface area contributed by atoms with Gasteiger partial charge in [-0.05, 0) is 77.0 Å². The van der Waals surface area contributed by atoms with E-state index in [2.05, 4.69) is 67.8 Å². The number of amides is 1. The maximum Gasteiger partial charge on any atom is 0.472 e. The average molecular weight is 1060 g/mol. The number of hydrogen-bond donors (Lipinski definition) is 3. The summed E-state index contributed by atoms with van der Waals surface area (Å²) >= 11 is 0. The monoisotopic (exact) mass is 1060 g/mol. The van der Waals surface area contributed by atoms with Gasteiger partial charge in [-0.2, -0.15) is 0 Å². The summed E-state index contributed by atoms with van der Waals surface area (Å²) in [7, 11) is 1.55. The van der Waals surface area contributed by atoms with Crippen molar-refractivity contribution < 1.29 is 32.9 Å². The van der Waals surface area contributed by atoms with Gasteiger partial charge in [-0.15, -0.1) is 0 Å². The first-order valence-corrected chi connectivity index (χ1v) is 33.2. The zero-order chi connectivity index (χ0) is 54.2. The molecule has 0 aliphatic carbocycles. The number of hydrogen-bond acceptors (Lipinski definition) is 5. The molecule has 0 rings (SSSR count). The van der Waals surface area contributed by atoms with Crippen molar-refractivity contribution in [3.63, 3.8) is 0 Å². The summed E-state index contributed by atoms with van der Waals surface area (Å²) < 4.78 is 23.7. The minimum atomic E-state index is -4.36. The molecular weight excluding hydrogens is 936 g/mol. The van der Waals surface area contributed by atoms with Gasteiger partial charge in [0.1, 0.15) is 13.2 Å². The van der Waals surface area contributed by atoms with Gasteiger partial charge in [0.25, 0.3) is 0 Å². The lowest BCUT2D eigenvalue weighted by Crippen LogP contribution is -2.45. The number of phosphoric ester groups is 1. The van der Waals surface area contributed by atoms with Gasteiger partial charge in [0.2, 0.25) is 5.91 Å². The van der Waals surface area contributed by atoms with Gasteiger partial charge >= 0.3 is 7.82 Å². The number of nitrogens with zero attached hydrogens (tertiary/aromatic N) is 1. The van der Waals surface area contributed by atoms with Crippen LogP contribution >= 0.6 is 7.82 Å². The molecule has 1 amide bonds. The van der Waals surface area contributed by atoms with E-state index in [0.717, 1.165) is 51.4 Å². The van der Waals surface area contributed by atoms with Crippen LogP contribution in [0.1, 0.15) is 296 Å². The Morgan fingerprint density at radius 2 is 0.784 bits per heavy atom. The van der Waals surface area contributed by atoms with Crippen molar-refractivity contribution in [3.8, 4) is 0 Å². The molecule has 8 nitrogen and oxygen atoms in total. The number of carbonyl (C=O) groups excluding carboxylic acids is 1. The molecule has 434 valence electrons. The van der Waals surface area contributed by atoms with E-state index in [1.54, 1.807) is 6.08 Å². The largest absolute Gasteiger partial charge is 0.472 e. The van der Waals surface area contributed by atoms with Gasteiger partial charge in [-0.25, -0.2) is 4.57 Å². The number of rotatable bonds is 58. The fourth-order valence-corrected chi connectivity index (χ4v) is 9.96. The second kappa shape index (κ2) is 55.9. The Kier molecular flexibility index (Phi) is 54.6. The van der Waals surface area contributed by atoms with Crippen molar-refractivity contribution in [3.05, 3.63) is 60.8 Å². The lowest BCUT2D eigenvalue weighted by atomic mass is 10.0. The summed E-state index contributed by atoms with van der Waals surface area (Å²) in [6.45, 7) is 4.80. The Labute approximate surface area is 460 Å². The average Bonchev–Trinajstić information content (AvgIpc) is 3.36. The van der Waals surface area contributed by atoms with E-state index < -0.39 is 20.0 Å². The minimum Gasteiger partial charge on any atom is -0.387 e.